The lowest BCUT2D eigenvalue weighted by atomic mass is 10.1. The third kappa shape index (κ3) is 2.64. The molecule has 3 nitrogen and oxygen atoms in total. The molecule has 0 saturated heterocycles. The van der Waals surface area contributed by atoms with Gasteiger partial charge in [-0.1, -0.05) is 11.6 Å². The molecule has 88 valence electrons. The van der Waals surface area contributed by atoms with Crippen molar-refractivity contribution in [2.75, 3.05) is 5.32 Å². The van der Waals surface area contributed by atoms with Gasteiger partial charge < -0.3 is 10.4 Å². The predicted octanol–water partition coefficient (Wildman–Crippen LogP) is 3.06. The number of carboxylic acid groups (broad SMARTS) is 1. The summed E-state index contributed by atoms with van der Waals surface area (Å²) in [7, 11) is 0. The van der Waals surface area contributed by atoms with E-state index in [1.54, 1.807) is 6.92 Å². The summed E-state index contributed by atoms with van der Waals surface area (Å²) in [5.41, 5.74) is -0.508. The van der Waals surface area contributed by atoms with Crippen molar-refractivity contribution in [2.45, 2.75) is 26.3 Å². The van der Waals surface area contributed by atoms with Gasteiger partial charge in [-0.05, 0) is 38.5 Å². The van der Waals surface area contributed by atoms with Crippen LogP contribution in [0.3, 0.4) is 0 Å². The number of aryl methyl sites for hydroxylation is 1. The Balaban J connectivity index is 3.07. The van der Waals surface area contributed by atoms with Gasteiger partial charge in [-0.15, -0.1) is 0 Å². The van der Waals surface area contributed by atoms with Crippen LogP contribution in [0.4, 0.5) is 10.1 Å². The highest BCUT2D eigenvalue weighted by molar-refractivity contribution is 6.33. The van der Waals surface area contributed by atoms with Gasteiger partial charge in [0.2, 0.25) is 0 Å². The van der Waals surface area contributed by atoms with Gasteiger partial charge in [0.25, 0.3) is 0 Å². The van der Waals surface area contributed by atoms with Crippen molar-refractivity contribution < 1.29 is 14.3 Å². The summed E-state index contributed by atoms with van der Waals surface area (Å²) in [5.74, 6) is -1.46. The summed E-state index contributed by atoms with van der Waals surface area (Å²) in [5, 5.41) is 11.9. The van der Waals surface area contributed by atoms with E-state index in [-0.39, 0.29) is 5.69 Å². The van der Waals surface area contributed by atoms with Crippen molar-refractivity contribution in [3.63, 3.8) is 0 Å². The minimum atomic E-state index is -1.20. The number of halogens is 2. The molecule has 0 atom stereocenters. The predicted molar refractivity (Wildman–Crippen MR) is 61.5 cm³/mol. The van der Waals surface area contributed by atoms with Crippen LogP contribution in [-0.4, -0.2) is 16.6 Å². The molecule has 0 aliphatic heterocycles. The van der Waals surface area contributed by atoms with Gasteiger partial charge >= 0.3 is 5.97 Å². The molecule has 1 aromatic carbocycles. The van der Waals surface area contributed by atoms with E-state index in [2.05, 4.69) is 5.32 Å². The molecule has 0 fully saturated rings. The molecule has 0 unspecified atom stereocenters. The Morgan fingerprint density at radius 2 is 2.06 bits per heavy atom. The standard InChI is InChI=1S/C11H13ClFNO2/c1-6-4-7(12)9(5-8(6)13)14-11(2,3)10(15)16/h4-5,14H,1-3H3,(H,15,16). The molecule has 1 aromatic rings. The topological polar surface area (TPSA) is 49.3 Å². The molecule has 5 heteroatoms. The second-order valence-electron chi connectivity index (χ2n) is 4.14. The van der Waals surface area contributed by atoms with Gasteiger partial charge in [-0.3, -0.25) is 0 Å². The lowest BCUT2D eigenvalue weighted by Gasteiger charge is -2.23. The van der Waals surface area contributed by atoms with Crippen molar-refractivity contribution in [3.8, 4) is 0 Å². The molecule has 0 spiro atoms. The zero-order chi connectivity index (χ0) is 12.5. The number of anilines is 1. The van der Waals surface area contributed by atoms with Crippen molar-refractivity contribution in [1.29, 1.82) is 0 Å². The van der Waals surface area contributed by atoms with Crippen LogP contribution in [0.5, 0.6) is 0 Å². The second kappa shape index (κ2) is 4.29. The van der Waals surface area contributed by atoms with E-state index in [4.69, 9.17) is 16.7 Å². The average molecular weight is 246 g/mol. The third-order valence-corrected chi connectivity index (χ3v) is 2.54. The van der Waals surface area contributed by atoms with Crippen LogP contribution in [0, 0.1) is 12.7 Å². The zero-order valence-electron chi connectivity index (χ0n) is 9.27. The lowest BCUT2D eigenvalue weighted by molar-refractivity contribution is -0.141. The van der Waals surface area contributed by atoms with Crippen molar-refractivity contribution >= 4 is 23.3 Å². The van der Waals surface area contributed by atoms with Gasteiger partial charge in [0.15, 0.2) is 0 Å². The van der Waals surface area contributed by atoms with Crippen LogP contribution < -0.4 is 5.32 Å². The molecule has 1 rings (SSSR count). The summed E-state index contributed by atoms with van der Waals surface area (Å²) in [6.45, 7) is 4.54. The summed E-state index contributed by atoms with van der Waals surface area (Å²) < 4.78 is 13.3. The molecule has 0 radical (unpaired) electrons. The van der Waals surface area contributed by atoms with Crippen molar-refractivity contribution in [1.82, 2.24) is 0 Å². The fourth-order valence-corrected chi connectivity index (χ4v) is 1.40. The minimum Gasteiger partial charge on any atom is -0.480 e. The van der Waals surface area contributed by atoms with Crippen LogP contribution in [0.25, 0.3) is 0 Å². The van der Waals surface area contributed by atoms with Crippen molar-refractivity contribution in [3.05, 3.63) is 28.5 Å². The molecule has 0 saturated carbocycles. The molecular formula is C11H13ClFNO2. The Morgan fingerprint density at radius 1 is 1.50 bits per heavy atom. The molecule has 0 amide bonds. The molecule has 0 aliphatic carbocycles. The molecule has 0 heterocycles. The van der Waals surface area contributed by atoms with E-state index < -0.39 is 17.3 Å². The second-order valence-corrected chi connectivity index (χ2v) is 4.54. The summed E-state index contributed by atoms with van der Waals surface area (Å²) in [6.07, 6.45) is 0. The summed E-state index contributed by atoms with van der Waals surface area (Å²) in [6, 6.07) is 2.65. The molecule has 16 heavy (non-hydrogen) atoms. The Hall–Kier alpha value is -1.29. The number of hydrogen-bond donors (Lipinski definition) is 2. The average Bonchev–Trinajstić information content (AvgIpc) is 2.13. The van der Waals surface area contributed by atoms with Gasteiger partial charge in [0.1, 0.15) is 11.4 Å². The largest absolute Gasteiger partial charge is 0.480 e. The Bertz CT molecular complexity index is 432. The number of benzene rings is 1. The third-order valence-electron chi connectivity index (χ3n) is 2.23. The number of hydrogen-bond acceptors (Lipinski definition) is 2. The van der Waals surface area contributed by atoms with Crippen LogP contribution in [0.2, 0.25) is 5.02 Å². The summed E-state index contributed by atoms with van der Waals surface area (Å²) >= 11 is 5.89. The van der Waals surface area contributed by atoms with E-state index in [0.717, 1.165) is 0 Å². The Morgan fingerprint density at radius 3 is 2.56 bits per heavy atom. The number of rotatable bonds is 3. The number of carbonyl (C=O) groups is 1. The fourth-order valence-electron chi connectivity index (χ4n) is 1.13. The molecule has 2 N–H and O–H groups in total. The van der Waals surface area contributed by atoms with Gasteiger partial charge in [-0.2, -0.15) is 0 Å². The fraction of sp³-hybridized carbons (Fsp3) is 0.364. The van der Waals surface area contributed by atoms with E-state index >= 15 is 0 Å². The zero-order valence-corrected chi connectivity index (χ0v) is 10.0. The minimum absolute atomic E-state index is 0.275. The first-order valence-electron chi connectivity index (χ1n) is 4.71. The Kier molecular flexibility index (Phi) is 3.43. The van der Waals surface area contributed by atoms with Crippen molar-refractivity contribution in [2.24, 2.45) is 0 Å². The Labute approximate surface area is 98.2 Å². The molecule has 0 aromatic heterocycles. The molecule has 0 bridgehead atoms. The maximum absolute atomic E-state index is 13.3. The lowest BCUT2D eigenvalue weighted by Crippen LogP contribution is -2.40. The first kappa shape index (κ1) is 12.8. The van der Waals surface area contributed by atoms with Crippen LogP contribution in [0.15, 0.2) is 12.1 Å². The van der Waals surface area contributed by atoms with E-state index in [0.29, 0.717) is 10.6 Å². The SMILES string of the molecule is Cc1cc(Cl)c(NC(C)(C)C(=O)O)cc1F. The summed E-state index contributed by atoms with van der Waals surface area (Å²) in [4.78, 5) is 10.9. The number of aliphatic carboxylic acids is 1. The number of carboxylic acids is 1. The van der Waals surface area contributed by atoms with E-state index in [1.165, 1.54) is 26.0 Å². The van der Waals surface area contributed by atoms with Crippen LogP contribution in [0.1, 0.15) is 19.4 Å². The normalized spacial score (nSPS) is 11.3. The first-order valence-corrected chi connectivity index (χ1v) is 5.09. The van der Waals surface area contributed by atoms with Gasteiger partial charge in [0.05, 0.1) is 10.7 Å². The molecule has 0 aliphatic rings. The maximum atomic E-state index is 13.3. The highest BCUT2D eigenvalue weighted by Gasteiger charge is 2.27. The quantitative estimate of drug-likeness (QED) is 0.861. The van der Waals surface area contributed by atoms with Crippen LogP contribution in [-0.2, 0) is 4.79 Å². The van der Waals surface area contributed by atoms with Gasteiger partial charge in [-0.25, -0.2) is 9.18 Å². The highest BCUT2D eigenvalue weighted by Crippen LogP contribution is 2.27. The maximum Gasteiger partial charge on any atom is 0.328 e. The molecular weight excluding hydrogens is 233 g/mol. The number of nitrogens with one attached hydrogen (secondary N) is 1. The van der Waals surface area contributed by atoms with Gasteiger partial charge in [0, 0.05) is 0 Å². The smallest absolute Gasteiger partial charge is 0.328 e. The highest BCUT2D eigenvalue weighted by atomic mass is 35.5. The first-order chi connectivity index (χ1) is 7.24. The monoisotopic (exact) mass is 245 g/mol. The van der Waals surface area contributed by atoms with Crippen LogP contribution >= 0.6 is 11.6 Å². The van der Waals surface area contributed by atoms with E-state index in [1.807, 2.05) is 0 Å². The van der Waals surface area contributed by atoms with E-state index in [9.17, 15) is 9.18 Å².